The summed E-state index contributed by atoms with van der Waals surface area (Å²) in [6.07, 6.45) is 1.12. The number of carbonyl (C=O) groups is 1. The van der Waals surface area contributed by atoms with Gasteiger partial charge in [0.1, 0.15) is 0 Å². The molecule has 0 spiro atoms. The minimum absolute atomic E-state index is 0.450. The van der Waals surface area contributed by atoms with E-state index in [4.69, 9.17) is 5.11 Å². The number of halogens is 1. The van der Waals surface area contributed by atoms with Crippen molar-refractivity contribution in [2.45, 2.75) is 12.8 Å². The van der Waals surface area contributed by atoms with Gasteiger partial charge < -0.3 is 10.2 Å². The van der Waals surface area contributed by atoms with Crippen molar-refractivity contribution in [3.63, 3.8) is 0 Å². The fourth-order valence-electron chi connectivity index (χ4n) is 2.09. The highest BCUT2D eigenvalue weighted by atomic mass is 79.9. The fraction of sp³-hybridized carbons (Fsp3) is 0.118. The molecule has 0 aliphatic rings. The fourth-order valence-corrected chi connectivity index (χ4v) is 2.35. The topological polar surface area (TPSA) is 57.5 Å². The van der Waals surface area contributed by atoms with E-state index in [9.17, 15) is 9.90 Å². The SMILES string of the molecule is O=C(O)/C(O)=C(/CCc1ccc(Br)cc1)c1ccccc1. The van der Waals surface area contributed by atoms with Gasteiger partial charge in [0.2, 0.25) is 5.76 Å². The van der Waals surface area contributed by atoms with Crippen LogP contribution >= 0.6 is 15.9 Å². The quantitative estimate of drug-likeness (QED) is 0.621. The Kier molecular flexibility index (Phi) is 5.17. The monoisotopic (exact) mass is 346 g/mol. The van der Waals surface area contributed by atoms with Crippen LogP contribution in [0.5, 0.6) is 0 Å². The third kappa shape index (κ3) is 4.20. The first-order valence-electron chi connectivity index (χ1n) is 6.53. The molecule has 0 unspecified atom stereocenters. The lowest BCUT2D eigenvalue weighted by molar-refractivity contribution is -0.135. The van der Waals surface area contributed by atoms with Crippen molar-refractivity contribution in [2.75, 3.05) is 0 Å². The lowest BCUT2D eigenvalue weighted by atomic mass is 9.97. The van der Waals surface area contributed by atoms with Crippen LogP contribution < -0.4 is 0 Å². The number of aliphatic carboxylic acids is 1. The van der Waals surface area contributed by atoms with Gasteiger partial charge in [0.15, 0.2) is 0 Å². The Hall–Kier alpha value is -2.07. The Morgan fingerprint density at radius 1 is 0.952 bits per heavy atom. The van der Waals surface area contributed by atoms with Gasteiger partial charge in [0.05, 0.1) is 0 Å². The van der Waals surface area contributed by atoms with Gasteiger partial charge in [-0.15, -0.1) is 0 Å². The summed E-state index contributed by atoms with van der Waals surface area (Å²) in [5, 5.41) is 18.9. The number of carboxylic acid groups (broad SMARTS) is 1. The van der Waals surface area contributed by atoms with Crippen LogP contribution in [0.1, 0.15) is 17.5 Å². The average molecular weight is 347 g/mol. The predicted octanol–water partition coefficient (Wildman–Crippen LogP) is 4.44. The smallest absolute Gasteiger partial charge is 0.371 e. The van der Waals surface area contributed by atoms with Crippen LogP contribution in [-0.4, -0.2) is 16.2 Å². The van der Waals surface area contributed by atoms with Gasteiger partial charge in [-0.2, -0.15) is 0 Å². The lowest BCUT2D eigenvalue weighted by Gasteiger charge is -2.09. The van der Waals surface area contributed by atoms with Crippen LogP contribution in [-0.2, 0) is 11.2 Å². The van der Waals surface area contributed by atoms with E-state index in [-0.39, 0.29) is 0 Å². The maximum atomic E-state index is 11.1. The molecular formula is C17H15BrO3. The van der Waals surface area contributed by atoms with Gasteiger partial charge in [0.25, 0.3) is 0 Å². The molecule has 0 fully saturated rings. The standard InChI is InChI=1S/C17H15BrO3/c18-14-9-6-12(7-10-14)8-11-15(16(19)17(20)21)13-4-2-1-3-5-13/h1-7,9-10,19H,8,11H2,(H,20,21)/b16-15+. The van der Waals surface area contributed by atoms with E-state index < -0.39 is 11.7 Å². The van der Waals surface area contributed by atoms with Crippen LogP contribution in [0.3, 0.4) is 0 Å². The largest absolute Gasteiger partial charge is 0.502 e. The molecule has 2 aromatic rings. The maximum absolute atomic E-state index is 11.1. The van der Waals surface area contributed by atoms with Crippen molar-refractivity contribution in [1.82, 2.24) is 0 Å². The van der Waals surface area contributed by atoms with Gasteiger partial charge in [-0.3, -0.25) is 0 Å². The molecular weight excluding hydrogens is 332 g/mol. The van der Waals surface area contributed by atoms with Crippen LogP contribution in [0.4, 0.5) is 0 Å². The minimum Gasteiger partial charge on any atom is -0.502 e. The van der Waals surface area contributed by atoms with Gasteiger partial charge in [-0.05, 0) is 36.1 Å². The highest BCUT2D eigenvalue weighted by Crippen LogP contribution is 2.24. The number of benzene rings is 2. The lowest BCUT2D eigenvalue weighted by Crippen LogP contribution is -2.04. The number of hydrogen-bond donors (Lipinski definition) is 2. The summed E-state index contributed by atoms with van der Waals surface area (Å²) in [6, 6.07) is 16.9. The molecule has 0 radical (unpaired) electrons. The Balaban J connectivity index is 2.24. The number of rotatable bonds is 5. The molecule has 0 heterocycles. The van der Waals surface area contributed by atoms with Gasteiger partial charge in [0, 0.05) is 10.0 Å². The first-order chi connectivity index (χ1) is 10.1. The Morgan fingerprint density at radius 2 is 1.57 bits per heavy atom. The number of hydrogen-bond acceptors (Lipinski definition) is 2. The van der Waals surface area contributed by atoms with E-state index in [2.05, 4.69) is 15.9 Å². The predicted molar refractivity (Wildman–Crippen MR) is 86.1 cm³/mol. The summed E-state index contributed by atoms with van der Waals surface area (Å²) in [5.41, 5.74) is 2.27. The second-order valence-electron chi connectivity index (χ2n) is 4.62. The molecule has 108 valence electrons. The zero-order valence-electron chi connectivity index (χ0n) is 11.3. The normalized spacial score (nSPS) is 11.9. The Morgan fingerprint density at radius 3 is 2.14 bits per heavy atom. The van der Waals surface area contributed by atoms with Crippen molar-refractivity contribution in [3.8, 4) is 0 Å². The van der Waals surface area contributed by atoms with Gasteiger partial charge >= 0.3 is 5.97 Å². The molecule has 2 N–H and O–H groups in total. The molecule has 0 aliphatic heterocycles. The molecule has 0 saturated carbocycles. The molecule has 2 rings (SSSR count). The number of aliphatic hydroxyl groups excluding tert-OH is 1. The van der Waals surface area contributed by atoms with Crippen molar-refractivity contribution in [2.24, 2.45) is 0 Å². The van der Waals surface area contributed by atoms with Crippen molar-refractivity contribution in [3.05, 3.63) is 76.0 Å². The zero-order chi connectivity index (χ0) is 15.2. The number of allylic oxidation sites excluding steroid dienone is 1. The number of aryl methyl sites for hydroxylation is 1. The molecule has 21 heavy (non-hydrogen) atoms. The minimum atomic E-state index is -1.30. The van der Waals surface area contributed by atoms with E-state index in [0.29, 0.717) is 18.4 Å². The third-order valence-corrected chi connectivity index (χ3v) is 3.72. The first-order valence-corrected chi connectivity index (χ1v) is 7.32. The molecule has 0 aliphatic carbocycles. The maximum Gasteiger partial charge on any atom is 0.371 e. The van der Waals surface area contributed by atoms with Gasteiger partial charge in [-0.25, -0.2) is 4.79 Å². The second-order valence-corrected chi connectivity index (χ2v) is 5.54. The molecule has 2 aromatic carbocycles. The summed E-state index contributed by atoms with van der Waals surface area (Å²) in [6.45, 7) is 0. The van der Waals surface area contributed by atoms with Crippen molar-refractivity contribution >= 4 is 27.5 Å². The number of aliphatic hydroxyl groups is 1. The van der Waals surface area contributed by atoms with E-state index in [0.717, 1.165) is 15.6 Å². The zero-order valence-corrected chi connectivity index (χ0v) is 12.9. The van der Waals surface area contributed by atoms with E-state index >= 15 is 0 Å². The second kappa shape index (κ2) is 7.09. The Labute approximate surface area is 131 Å². The molecule has 0 amide bonds. The van der Waals surface area contributed by atoms with Crippen LogP contribution in [0, 0.1) is 0 Å². The molecule has 0 bridgehead atoms. The summed E-state index contributed by atoms with van der Waals surface area (Å²) in [5.74, 6) is -1.89. The molecule has 3 nitrogen and oxygen atoms in total. The summed E-state index contributed by atoms with van der Waals surface area (Å²) in [7, 11) is 0. The summed E-state index contributed by atoms with van der Waals surface area (Å²) in [4.78, 5) is 11.1. The summed E-state index contributed by atoms with van der Waals surface area (Å²) >= 11 is 3.38. The third-order valence-electron chi connectivity index (χ3n) is 3.19. The first kappa shape index (κ1) is 15.3. The van der Waals surface area contributed by atoms with Crippen molar-refractivity contribution < 1.29 is 15.0 Å². The van der Waals surface area contributed by atoms with E-state index in [1.54, 1.807) is 12.1 Å². The van der Waals surface area contributed by atoms with Crippen LogP contribution in [0.2, 0.25) is 0 Å². The average Bonchev–Trinajstić information content (AvgIpc) is 2.50. The Bertz CT molecular complexity index is 645. The van der Waals surface area contributed by atoms with Crippen molar-refractivity contribution in [1.29, 1.82) is 0 Å². The highest BCUT2D eigenvalue weighted by Gasteiger charge is 2.14. The van der Waals surface area contributed by atoms with Crippen LogP contribution in [0.15, 0.2) is 64.8 Å². The van der Waals surface area contributed by atoms with E-state index in [1.165, 1.54) is 0 Å². The van der Waals surface area contributed by atoms with Crippen LogP contribution in [0.25, 0.3) is 5.57 Å². The van der Waals surface area contributed by atoms with E-state index in [1.807, 2.05) is 42.5 Å². The molecule has 0 atom stereocenters. The molecule has 0 saturated heterocycles. The highest BCUT2D eigenvalue weighted by molar-refractivity contribution is 9.10. The molecule has 0 aromatic heterocycles. The number of carboxylic acids is 1. The van der Waals surface area contributed by atoms with Gasteiger partial charge in [-0.1, -0.05) is 58.4 Å². The molecule has 4 heteroatoms. The summed E-state index contributed by atoms with van der Waals surface area (Å²) < 4.78 is 0.999.